The van der Waals surface area contributed by atoms with Gasteiger partial charge in [-0.2, -0.15) is 0 Å². The van der Waals surface area contributed by atoms with E-state index < -0.39 is 0 Å². The fourth-order valence-electron chi connectivity index (χ4n) is 3.85. The van der Waals surface area contributed by atoms with Crippen molar-refractivity contribution in [1.82, 2.24) is 24.5 Å². The molecule has 1 aliphatic rings. The third-order valence-electron chi connectivity index (χ3n) is 5.16. The van der Waals surface area contributed by atoms with Gasteiger partial charge in [0.15, 0.2) is 11.5 Å². The van der Waals surface area contributed by atoms with E-state index in [2.05, 4.69) is 49.8 Å². The minimum absolute atomic E-state index is 0.835. The monoisotopic (exact) mass is 343 g/mol. The molecule has 5 nitrogen and oxygen atoms in total. The molecule has 2 aromatic carbocycles. The lowest BCUT2D eigenvalue weighted by atomic mass is 10.1. The summed E-state index contributed by atoms with van der Waals surface area (Å²) in [6, 6.07) is 18.5. The molecule has 130 valence electrons. The molecular weight excluding hydrogens is 322 g/mol. The molecule has 0 radical (unpaired) electrons. The SMILES string of the molecule is c1ccc(-c2nc3ccccc3n3c(CN4CCCCC4)nnc23)cc1. The van der Waals surface area contributed by atoms with E-state index >= 15 is 0 Å². The molecule has 26 heavy (non-hydrogen) atoms. The van der Waals surface area contributed by atoms with Gasteiger partial charge in [-0.25, -0.2) is 4.98 Å². The summed E-state index contributed by atoms with van der Waals surface area (Å²) in [7, 11) is 0. The van der Waals surface area contributed by atoms with Crippen molar-refractivity contribution in [2.45, 2.75) is 25.8 Å². The minimum atomic E-state index is 0.835. The van der Waals surface area contributed by atoms with Gasteiger partial charge >= 0.3 is 0 Å². The molecule has 5 rings (SSSR count). The molecule has 1 fully saturated rings. The highest BCUT2D eigenvalue weighted by molar-refractivity contribution is 5.85. The summed E-state index contributed by atoms with van der Waals surface area (Å²) < 4.78 is 2.19. The Morgan fingerprint density at radius 2 is 1.58 bits per heavy atom. The smallest absolute Gasteiger partial charge is 0.187 e. The first kappa shape index (κ1) is 15.5. The number of fused-ring (bicyclic) bond motifs is 3. The molecular formula is C21H21N5. The lowest BCUT2D eigenvalue weighted by molar-refractivity contribution is 0.215. The summed E-state index contributed by atoms with van der Waals surface area (Å²) in [6.07, 6.45) is 3.88. The molecule has 0 amide bonds. The molecule has 4 aromatic rings. The number of aromatic nitrogens is 4. The molecule has 1 saturated heterocycles. The van der Waals surface area contributed by atoms with Crippen molar-refractivity contribution < 1.29 is 0 Å². The van der Waals surface area contributed by atoms with E-state index in [-0.39, 0.29) is 0 Å². The highest BCUT2D eigenvalue weighted by Crippen LogP contribution is 2.26. The van der Waals surface area contributed by atoms with Crippen molar-refractivity contribution in [3.63, 3.8) is 0 Å². The van der Waals surface area contributed by atoms with Crippen LogP contribution in [0.1, 0.15) is 25.1 Å². The quantitative estimate of drug-likeness (QED) is 0.565. The summed E-state index contributed by atoms with van der Waals surface area (Å²) in [5.74, 6) is 0.998. The summed E-state index contributed by atoms with van der Waals surface area (Å²) in [5.41, 5.74) is 4.83. The Morgan fingerprint density at radius 1 is 0.808 bits per heavy atom. The average molecular weight is 343 g/mol. The molecule has 5 heteroatoms. The van der Waals surface area contributed by atoms with Crippen LogP contribution in [-0.4, -0.2) is 37.6 Å². The molecule has 2 aromatic heterocycles. The second-order valence-corrected chi connectivity index (χ2v) is 6.93. The predicted molar refractivity (Wildman–Crippen MR) is 103 cm³/mol. The zero-order valence-electron chi connectivity index (χ0n) is 14.7. The van der Waals surface area contributed by atoms with Gasteiger partial charge in [-0.3, -0.25) is 9.30 Å². The van der Waals surface area contributed by atoms with E-state index in [0.717, 1.165) is 53.4 Å². The Bertz CT molecular complexity index is 1050. The van der Waals surface area contributed by atoms with Crippen molar-refractivity contribution in [3.05, 3.63) is 60.4 Å². The molecule has 0 aliphatic carbocycles. The zero-order chi connectivity index (χ0) is 17.3. The fraction of sp³-hybridized carbons (Fsp3) is 0.286. The van der Waals surface area contributed by atoms with Gasteiger partial charge in [0.25, 0.3) is 0 Å². The van der Waals surface area contributed by atoms with Crippen molar-refractivity contribution in [2.24, 2.45) is 0 Å². The van der Waals surface area contributed by atoms with E-state index in [1.54, 1.807) is 0 Å². The van der Waals surface area contributed by atoms with Gasteiger partial charge in [0.1, 0.15) is 5.69 Å². The number of piperidine rings is 1. The zero-order valence-corrected chi connectivity index (χ0v) is 14.7. The number of likely N-dealkylation sites (tertiary alicyclic amines) is 1. The Balaban J connectivity index is 1.71. The van der Waals surface area contributed by atoms with Gasteiger partial charge in [0.05, 0.1) is 17.6 Å². The highest BCUT2D eigenvalue weighted by Gasteiger charge is 2.19. The maximum atomic E-state index is 4.90. The third kappa shape index (κ3) is 2.65. The lowest BCUT2D eigenvalue weighted by Gasteiger charge is -2.25. The van der Waals surface area contributed by atoms with Crippen molar-refractivity contribution >= 4 is 16.7 Å². The first-order chi connectivity index (χ1) is 12.9. The first-order valence-corrected chi connectivity index (χ1v) is 9.31. The third-order valence-corrected chi connectivity index (χ3v) is 5.16. The average Bonchev–Trinajstić information content (AvgIpc) is 3.13. The van der Waals surface area contributed by atoms with Crippen LogP contribution < -0.4 is 0 Å². The Hall–Kier alpha value is -2.79. The van der Waals surface area contributed by atoms with Crippen LogP contribution in [-0.2, 0) is 6.54 Å². The van der Waals surface area contributed by atoms with Gasteiger partial charge in [0.2, 0.25) is 0 Å². The molecule has 0 saturated carbocycles. The molecule has 1 aliphatic heterocycles. The molecule has 3 heterocycles. The molecule has 0 atom stereocenters. The second-order valence-electron chi connectivity index (χ2n) is 6.93. The summed E-state index contributed by atoms with van der Waals surface area (Å²) in [4.78, 5) is 7.38. The van der Waals surface area contributed by atoms with Gasteiger partial charge in [-0.1, -0.05) is 48.9 Å². The van der Waals surface area contributed by atoms with Crippen molar-refractivity contribution in [1.29, 1.82) is 0 Å². The number of nitrogens with zero attached hydrogens (tertiary/aromatic N) is 5. The minimum Gasteiger partial charge on any atom is -0.296 e. The van der Waals surface area contributed by atoms with Crippen LogP contribution in [0.5, 0.6) is 0 Å². The maximum absolute atomic E-state index is 4.90. The van der Waals surface area contributed by atoms with Crippen LogP contribution >= 0.6 is 0 Å². The van der Waals surface area contributed by atoms with Gasteiger partial charge in [0, 0.05) is 5.56 Å². The normalized spacial score (nSPS) is 15.7. The second kappa shape index (κ2) is 6.50. The number of rotatable bonds is 3. The van der Waals surface area contributed by atoms with Crippen LogP contribution in [0.3, 0.4) is 0 Å². The highest BCUT2D eigenvalue weighted by atomic mass is 15.3. The van der Waals surface area contributed by atoms with Crippen LogP contribution in [0.4, 0.5) is 0 Å². The molecule has 0 spiro atoms. The molecule has 0 N–H and O–H groups in total. The Morgan fingerprint density at radius 3 is 2.42 bits per heavy atom. The van der Waals surface area contributed by atoms with E-state index in [1.807, 2.05) is 24.3 Å². The number of para-hydroxylation sites is 2. The van der Waals surface area contributed by atoms with Crippen LogP contribution in [0.2, 0.25) is 0 Å². The summed E-state index contributed by atoms with van der Waals surface area (Å²) >= 11 is 0. The predicted octanol–water partition coefficient (Wildman–Crippen LogP) is 3.93. The Kier molecular flexibility index (Phi) is 3.87. The van der Waals surface area contributed by atoms with Crippen molar-refractivity contribution in [3.8, 4) is 11.3 Å². The van der Waals surface area contributed by atoms with Crippen LogP contribution in [0, 0.1) is 0 Å². The number of benzene rings is 2. The van der Waals surface area contributed by atoms with Crippen molar-refractivity contribution in [2.75, 3.05) is 13.1 Å². The van der Waals surface area contributed by atoms with E-state index in [0.29, 0.717) is 0 Å². The summed E-state index contributed by atoms with van der Waals surface area (Å²) in [5, 5.41) is 9.09. The first-order valence-electron chi connectivity index (χ1n) is 9.31. The van der Waals surface area contributed by atoms with Gasteiger partial charge in [-0.05, 0) is 38.1 Å². The van der Waals surface area contributed by atoms with E-state index in [4.69, 9.17) is 4.98 Å². The van der Waals surface area contributed by atoms with E-state index in [9.17, 15) is 0 Å². The number of hydrogen-bond acceptors (Lipinski definition) is 4. The topological polar surface area (TPSA) is 46.3 Å². The van der Waals surface area contributed by atoms with E-state index in [1.165, 1.54) is 19.3 Å². The molecule has 0 unspecified atom stereocenters. The lowest BCUT2D eigenvalue weighted by Crippen LogP contribution is -2.30. The largest absolute Gasteiger partial charge is 0.296 e. The maximum Gasteiger partial charge on any atom is 0.187 e. The van der Waals surface area contributed by atoms with Crippen LogP contribution in [0.25, 0.3) is 27.9 Å². The summed E-state index contributed by atoms with van der Waals surface area (Å²) in [6.45, 7) is 3.12. The van der Waals surface area contributed by atoms with Gasteiger partial charge < -0.3 is 0 Å². The number of hydrogen-bond donors (Lipinski definition) is 0. The van der Waals surface area contributed by atoms with Crippen LogP contribution in [0.15, 0.2) is 54.6 Å². The standard InChI is InChI=1S/C21H21N5/c1-3-9-16(10-4-1)20-21-24-23-19(15-25-13-7-2-8-14-25)26(21)18-12-6-5-11-17(18)22-20/h1,3-6,9-12H,2,7-8,13-15H2. The molecule has 0 bridgehead atoms. The fourth-order valence-corrected chi connectivity index (χ4v) is 3.85. The van der Waals surface area contributed by atoms with Gasteiger partial charge in [-0.15, -0.1) is 10.2 Å². The Labute approximate surface area is 152 Å².